The molecule has 10 atom stereocenters. The lowest BCUT2D eigenvalue weighted by Gasteiger charge is -2.63. The number of aromatic nitrogens is 1. The lowest BCUT2D eigenvalue weighted by atomic mass is 9.47. The van der Waals surface area contributed by atoms with Gasteiger partial charge >= 0.3 is 23.9 Å². The number of carbonyl (C=O) groups is 4. The SMILES string of the molecule is CC[C@]1(NC(=O)N2CCc3ccccc3C2)C[C@@H]2CN(CCc3c([nH]c4ccccc34)[C@@](C(=O)OC)(c3cc4c(cc3OC)N(C)[C@H]3[C@@](O)(C(=O)OC)[C@H](OC(C)=O)[C@]5(CC)C=CCN6CC[C@]43[C@@H]65)C2)C1. The van der Waals surface area contributed by atoms with Crippen molar-refractivity contribution in [2.45, 2.75) is 112 Å². The van der Waals surface area contributed by atoms with E-state index in [0.717, 1.165) is 39.8 Å². The summed E-state index contributed by atoms with van der Waals surface area (Å²) in [5.74, 6) is -1.60. The van der Waals surface area contributed by atoms with Gasteiger partial charge in [0.15, 0.2) is 6.10 Å². The average molecular weight is 969 g/mol. The normalized spacial score (nSPS) is 33.5. The molecule has 3 fully saturated rings. The van der Waals surface area contributed by atoms with Crippen molar-refractivity contribution in [2.75, 3.05) is 72.5 Å². The molecule has 7 aliphatic rings. The fraction of sp³-hybridized carbons (Fsp3) is 0.536. The van der Waals surface area contributed by atoms with Gasteiger partial charge < -0.3 is 49.1 Å². The average Bonchev–Trinajstić information content (AvgIpc) is 4.05. The summed E-state index contributed by atoms with van der Waals surface area (Å²) >= 11 is 0. The van der Waals surface area contributed by atoms with E-state index in [0.29, 0.717) is 95.7 Å². The first kappa shape index (κ1) is 47.4. The van der Waals surface area contributed by atoms with E-state index < -0.39 is 57.4 Å². The van der Waals surface area contributed by atoms with Gasteiger partial charge in [-0.25, -0.2) is 9.59 Å². The minimum atomic E-state index is -2.33. The smallest absolute Gasteiger partial charge is 0.344 e. The Hall–Kier alpha value is -5.90. The molecule has 1 spiro atoms. The number of hydrogen-bond acceptors (Lipinski definition) is 12. The molecule has 376 valence electrons. The van der Waals surface area contributed by atoms with Gasteiger partial charge in [-0.15, -0.1) is 0 Å². The number of nitrogens with one attached hydrogen (secondary N) is 2. The maximum atomic E-state index is 15.8. The fourth-order valence-corrected chi connectivity index (χ4v) is 15.7. The third kappa shape index (κ3) is 6.63. The Morgan fingerprint density at radius 2 is 1.63 bits per heavy atom. The van der Waals surface area contributed by atoms with Crippen LogP contribution in [0, 0.1) is 11.3 Å². The van der Waals surface area contributed by atoms with E-state index in [1.807, 2.05) is 48.0 Å². The number of piperidine rings is 1. The van der Waals surface area contributed by atoms with Gasteiger partial charge in [-0.2, -0.15) is 0 Å². The number of methoxy groups -OCH3 is 3. The Morgan fingerprint density at radius 1 is 0.873 bits per heavy atom. The van der Waals surface area contributed by atoms with Crippen LogP contribution in [0.15, 0.2) is 72.8 Å². The summed E-state index contributed by atoms with van der Waals surface area (Å²) in [4.78, 5) is 70.6. The molecule has 7 heterocycles. The molecule has 1 saturated carbocycles. The standard InChI is InChI=1S/C56H68N6O9/c1-8-52(58-51(66)62-25-19-36-15-10-11-16-37(36)32-62)29-35-30-55(49(64)69-6,45-39(20-24-60(31-35)33-52)38-17-12-13-18-42(38)57-45)41-27-40-43(28-44(41)68-5)59(4)47-54(40)22-26-61-23-14-21-53(9-2,46(54)61)48(71-34(3)63)56(47,67)50(65)70-7/h10-18,21,27-28,35,46-48,57,67H,8-9,19-20,22-26,29-33H2,1-7H3,(H,58,66)/t35-,46-,47+,48+,52-,53+,54+,55-,56-/m0/s1. The Bertz CT molecular complexity index is 2860. The molecule has 15 heteroatoms. The topological polar surface area (TPSA) is 166 Å². The van der Waals surface area contributed by atoms with Crippen LogP contribution in [0.1, 0.15) is 86.4 Å². The van der Waals surface area contributed by atoms with E-state index in [-0.39, 0.29) is 18.0 Å². The molecule has 3 N–H and O–H groups in total. The van der Waals surface area contributed by atoms with Crippen LogP contribution >= 0.6 is 0 Å². The van der Waals surface area contributed by atoms with E-state index in [4.69, 9.17) is 18.9 Å². The molecule has 2 bridgehead atoms. The Labute approximate surface area is 415 Å². The van der Waals surface area contributed by atoms with Crippen molar-refractivity contribution in [1.82, 2.24) is 25.0 Å². The van der Waals surface area contributed by atoms with E-state index in [1.165, 1.54) is 32.3 Å². The molecule has 11 rings (SSSR count). The number of aromatic amines is 1. The van der Waals surface area contributed by atoms with Crippen LogP contribution in [0.25, 0.3) is 10.9 Å². The van der Waals surface area contributed by atoms with E-state index in [9.17, 15) is 19.5 Å². The van der Waals surface area contributed by atoms with Crippen molar-refractivity contribution in [1.29, 1.82) is 0 Å². The van der Waals surface area contributed by atoms with Gasteiger partial charge in [0.25, 0.3) is 0 Å². The van der Waals surface area contributed by atoms with E-state index in [2.05, 4.69) is 75.6 Å². The highest BCUT2D eigenvalue weighted by Crippen LogP contribution is 2.68. The summed E-state index contributed by atoms with van der Waals surface area (Å²) in [6, 6.07) is 19.3. The van der Waals surface area contributed by atoms with E-state index in [1.54, 1.807) is 7.11 Å². The summed E-state index contributed by atoms with van der Waals surface area (Å²) < 4.78 is 24.4. The van der Waals surface area contributed by atoms with Gasteiger partial charge in [-0.1, -0.05) is 68.5 Å². The number of likely N-dealkylation sites (N-methyl/N-ethyl adjacent to an activating group) is 1. The number of fused-ring (bicyclic) bond motifs is 7. The fourth-order valence-electron chi connectivity index (χ4n) is 15.7. The molecule has 1 unspecified atom stereocenters. The second kappa shape index (κ2) is 17.1. The summed E-state index contributed by atoms with van der Waals surface area (Å²) in [5, 5.41) is 18.1. The third-order valence-electron chi connectivity index (χ3n) is 18.4. The first-order chi connectivity index (χ1) is 34.2. The second-order valence-electron chi connectivity index (χ2n) is 21.6. The molecule has 1 aromatic heterocycles. The second-order valence-corrected chi connectivity index (χ2v) is 21.6. The van der Waals surface area contributed by atoms with Crippen LogP contribution in [-0.4, -0.2) is 146 Å². The molecule has 6 aliphatic heterocycles. The number of hydrogen-bond donors (Lipinski definition) is 3. The van der Waals surface area contributed by atoms with Crippen molar-refractivity contribution in [3.63, 3.8) is 0 Å². The number of amides is 2. The van der Waals surface area contributed by atoms with Crippen molar-refractivity contribution in [3.05, 3.63) is 106 Å². The molecule has 2 amide bonds. The van der Waals surface area contributed by atoms with Gasteiger partial charge in [-0.05, 0) is 91.8 Å². The minimum Gasteiger partial charge on any atom is -0.496 e. The van der Waals surface area contributed by atoms with E-state index >= 15 is 4.79 Å². The zero-order valence-corrected chi connectivity index (χ0v) is 42.1. The molecule has 4 aromatic rings. The minimum absolute atomic E-state index is 0.0767. The number of esters is 3. The highest BCUT2D eigenvalue weighted by atomic mass is 16.6. The first-order valence-corrected chi connectivity index (χ1v) is 25.6. The molecule has 15 nitrogen and oxygen atoms in total. The largest absolute Gasteiger partial charge is 0.496 e. The van der Waals surface area contributed by atoms with Gasteiger partial charge in [0, 0.05) is 104 Å². The number of ether oxygens (including phenoxy) is 4. The number of aliphatic hydroxyl groups is 1. The van der Waals surface area contributed by atoms with Crippen molar-refractivity contribution in [2.24, 2.45) is 11.3 Å². The maximum Gasteiger partial charge on any atom is 0.344 e. The maximum absolute atomic E-state index is 15.8. The number of urea groups is 1. The van der Waals surface area contributed by atoms with Crippen LogP contribution < -0.4 is 15.0 Å². The van der Waals surface area contributed by atoms with Crippen molar-refractivity contribution >= 4 is 40.5 Å². The number of H-pyrrole nitrogens is 1. The number of para-hydroxylation sites is 1. The van der Waals surface area contributed by atoms with Crippen LogP contribution in [0.5, 0.6) is 5.75 Å². The predicted molar refractivity (Wildman–Crippen MR) is 267 cm³/mol. The van der Waals surface area contributed by atoms with Crippen LogP contribution in [0.3, 0.4) is 0 Å². The van der Waals surface area contributed by atoms with Crippen molar-refractivity contribution in [3.8, 4) is 5.75 Å². The van der Waals surface area contributed by atoms with Gasteiger partial charge in [0.05, 0.1) is 32.9 Å². The number of anilines is 1. The van der Waals surface area contributed by atoms with Crippen LogP contribution in [0.4, 0.5) is 10.5 Å². The molecule has 2 saturated heterocycles. The molecule has 71 heavy (non-hydrogen) atoms. The Balaban J connectivity index is 1.11. The summed E-state index contributed by atoms with van der Waals surface area (Å²) in [5.41, 5.74) is 0.990. The molecular formula is C56H68N6O9. The van der Waals surface area contributed by atoms with Gasteiger partial charge in [0.1, 0.15) is 11.2 Å². The lowest BCUT2D eigenvalue weighted by Crippen LogP contribution is -2.81. The zero-order valence-electron chi connectivity index (χ0n) is 42.1. The highest BCUT2D eigenvalue weighted by molar-refractivity contribution is 5.95. The molecule has 3 aromatic carbocycles. The van der Waals surface area contributed by atoms with Crippen molar-refractivity contribution < 1.29 is 43.2 Å². The number of rotatable bonds is 8. The molecule has 0 radical (unpaired) electrons. The summed E-state index contributed by atoms with van der Waals surface area (Å²) in [7, 11) is 6.20. The monoisotopic (exact) mass is 969 g/mol. The zero-order chi connectivity index (χ0) is 49.8. The van der Waals surface area contributed by atoms with Gasteiger partial charge in [0.2, 0.25) is 5.60 Å². The first-order valence-electron chi connectivity index (χ1n) is 25.6. The Morgan fingerprint density at radius 3 is 2.37 bits per heavy atom. The Kier molecular flexibility index (Phi) is 11.4. The predicted octanol–water partition coefficient (Wildman–Crippen LogP) is 5.77. The molecular weight excluding hydrogens is 901 g/mol. The van der Waals surface area contributed by atoms with Crippen LogP contribution in [-0.2, 0) is 58.8 Å². The summed E-state index contributed by atoms with van der Waals surface area (Å²) in [6.45, 7) is 10.0. The number of carbonyl (C=O) groups excluding carboxylic acids is 4. The van der Waals surface area contributed by atoms with Gasteiger partial charge in [-0.3, -0.25) is 14.5 Å². The number of benzene rings is 3. The molecule has 1 aliphatic carbocycles. The lowest BCUT2D eigenvalue weighted by molar-refractivity contribution is -0.228. The van der Waals surface area contributed by atoms with Crippen LogP contribution in [0.2, 0.25) is 0 Å². The summed E-state index contributed by atoms with van der Waals surface area (Å²) in [6.07, 6.45) is 6.90. The highest BCUT2D eigenvalue weighted by Gasteiger charge is 2.80. The number of nitrogens with zero attached hydrogens (tertiary/aromatic N) is 4. The third-order valence-corrected chi connectivity index (χ3v) is 18.4. The quantitative estimate of drug-likeness (QED) is 0.111.